The van der Waals surface area contributed by atoms with Gasteiger partial charge < -0.3 is 9.15 Å². The van der Waals surface area contributed by atoms with E-state index in [1.54, 1.807) is 29.1 Å². The molecule has 11 rings (SSSR count). The first-order chi connectivity index (χ1) is 35.1. The fourth-order valence-corrected chi connectivity index (χ4v) is 8.39. The summed E-state index contributed by atoms with van der Waals surface area (Å²) in [5, 5.41) is 2.07. The number of rotatable bonds is 7. The number of para-hydroxylation sites is 4. The first-order valence-corrected chi connectivity index (χ1v) is 21.1. The number of imidazole rings is 1. The minimum Gasteiger partial charge on any atom is -0.453 e. The Balaban J connectivity index is 1.16. The number of hydrogen-bond acceptors (Lipinski definition) is 4. The van der Waals surface area contributed by atoms with Gasteiger partial charge in [-0.15, -0.1) is 0 Å². The summed E-state index contributed by atoms with van der Waals surface area (Å²) in [5.74, 6) is 2.13. The summed E-state index contributed by atoms with van der Waals surface area (Å²) >= 11 is 0. The maximum Gasteiger partial charge on any atom is 0.255 e. The van der Waals surface area contributed by atoms with Crippen molar-refractivity contribution in [2.45, 2.75) is 52.4 Å². The summed E-state index contributed by atoms with van der Waals surface area (Å²) in [6.45, 7) is 12.6. The van der Waals surface area contributed by atoms with Gasteiger partial charge in [-0.2, -0.15) is 9.13 Å². The van der Waals surface area contributed by atoms with E-state index in [9.17, 15) is 0 Å². The van der Waals surface area contributed by atoms with Crippen molar-refractivity contribution in [2.24, 2.45) is 0 Å². The van der Waals surface area contributed by atoms with Gasteiger partial charge in [0.1, 0.15) is 28.5 Å². The zero-order chi connectivity index (χ0) is 52.4. The van der Waals surface area contributed by atoms with E-state index in [1.807, 2.05) is 104 Å². The van der Waals surface area contributed by atoms with Gasteiger partial charge in [0.2, 0.25) is 5.89 Å². The smallest absolute Gasteiger partial charge is 0.255 e. The van der Waals surface area contributed by atoms with E-state index in [0.29, 0.717) is 45.2 Å². The number of aromatic nitrogens is 5. The van der Waals surface area contributed by atoms with E-state index >= 15 is 0 Å². The van der Waals surface area contributed by atoms with Crippen molar-refractivity contribution in [2.75, 3.05) is 0 Å². The van der Waals surface area contributed by atoms with Gasteiger partial charge >= 0.3 is 0 Å². The number of fused-ring (bicyclic) bond motifs is 5. The number of nitrogens with zero attached hydrogens (tertiary/aromatic N) is 5. The minimum atomic E-state index is -0.572. The molecule has 0 aliphatic carbocycles. The molecule has 4 heterocycles. The number of hydrogen-bond donors (Lipinski definition) is 0. The third kappa shape index (κ3) is 6.72. The Morgan fingerprint density at radius 2 is 1.31 bits per heavy atom. The molecule has 0 saturated heterocycles. The van der Waals surface area contributed by atoms with Gasteiger partial charge in [-0.25, -0.2) is 9.97 Å². The summed E-state index contributed by atoms with van der Waals surface area (Å²) in [6.07, 6.45) is 3.60. The molecular formula is C57H48N5O2+. The Bertz CT molecular complexity index is 4020. The molecule has 4 aromatic heterocycles. The number of benzene rings is 7. The molecule has 312 valence electrons. The highest BCUT2D eigenvalue weighted by molar-refractivity contribution is 6.09. The van der Waals surface area contributed by atoms with Gasteiger partial charge in [0.05, 0.1) is 24.7 Å². The Morgan fingerprint density at radius 1 is 0.641 bits per heavy atom. The lowest BCUT2D eigenvalue weighted by Crippen LogP contribution is -2.30. The van der Waals surface area contributed by atoms with Crippen LogP contribution in [0.1, 0.15) is 66.7 Å². The first-order valence-electron chi connectivity index (χ1n) is 26.1. The van der Waals surface area contributed by atoms with Crippen LogP contribution in [0.5, 0.6) is 11.5 Å². The second-order valence-corrected chi connectivity index (χ2v) is 17.9. The average molecular weight is 845 g/mol. The van der Waals surface area contributed by atoms with Crippen molar-refractivity contribution in [3.8, 4) is 50.9 Å². The van der Waals surface area contributed by atoms with E-state index in [4.69, 9.17) is 32.8 Å². The predicted molar refractivity (Wildman–Crippen MR) is 259 cm³/mol. The van der Waals surface area contributed by atoms with Crippen LogP contribution in [0.25, 0.3) is 83.4 Å². The molecule has 0 aliphatic rings. The number of oxazole rings is 1. The van der Waals surface area contributed by atoms with Crippen LogP contribution in [-0.4, -0.2) is 19.1 Å². The van der Waals surface area contributed by atoms with Crippen LogP contribution in [0, 0.1) is 0 Å². The average Bonchev–Trinajstić information content (AvgIpc) is 4.09. The highest BCUT2D eigenvalue weighted by atomic mass is 16.5. The predicted octanol–water partition coefficient (Wildman–Crippen LogP) is 14.3. The summed E-state index contributed by atoms with van der Waals surface area (Å²) < 4.78 is 107. The van der Waals surface area contributed by atoms with Crippen LogP contribution in [0.2, 0.25) is 0 Å². The molecule has 0 amide bonds. The maximum absolute atomic E-state index is 9.11. The summed E-state index contributed by atoms with van der Waals surface area (Å²) in [4.78, 5) is 9.87. The van der Waals surface area contributed by atoms with Crippen molar-refractivity contribution >= 4 is 43.9 Å². The second-order valence-electron chi connectivity index (χ2n) is 17.9. The molecule has 0 saturated carbocycles. The largest absolute Gasteiger partial charge is 0.453 e. The van der Waals surface area contributed by atoms with Crippen molar-refractivity contribution in [1.82, 2.24) is 19.1 Å². The van der Waals surface area contributed by atoms with Crippen molar-refractivity contribution in [3.63, 3.8) is 0 Å². The van der Waals surface area contributed by atoms with E-state index in [0.717, 1.165) is 33.2 Å². The van der Waals surface area contributed by atoms with Crippen LogP contribution in [-0.2, 0) is 10.8 Å². The second kappa shape index (κ2) is 15.0. The molecular weight excluding hydrogens is 787 g/mol. The van der Waals surface area contributed by atoms with Gasteiger partial charge in [0.15, 0.2) is 22.4 Å². The van der Waals surface area contributed by atoms with E-state index in [1.165, 1.54) is 0 Å². The molecule has 7 nitrogen and oxygen atoms in total. The molecule has 0 bridgehead atoms. The fraction of sp³-hybridized carbons (Fsp3) is 0.140. The van der Waals surface area contributed by atoms with Crippen molar-refractivity contribution in [3.05, 3.63) is 194 Å². The molecule has 0 atom stereocenters. The van der Waals surface area contributed by atoms with Crippen LogP contribution in [0.4, 0.5) is 0 Å². The van der Waals surface area contributed by atoms with Gasteiger partial charge in [0, 0.05) is 51.7 Å². The molecule has 7 aromatic carbocycles. The Hall–Kier alpha value is -7.77. The molecule has 7 heteroatoms. The first kappa shape index (κ1) is 29.5. The molecule has 0 radical (unpaired) electrons. The Labute approximate surface area is 386 Å². The molecule has 64 heavy (non-hydrogen) atoms. The lowest BCUT2D eigenvalue weighted by molar-refractivity contribution is -0.566. The highest BCUT2D eigenvalue weighted by Gasteiger charge is 2.28. The van der Waals surface area contributed by atoms with E-state index in [-0.39, 0.29) is 33.4 Å². The van der Waals surface area contributed by atoms with Crippen molar-refractivity contribution in [1.29, 1.82) is 0 Å². The van der Waals surface area contributed by atoms with Crippen LogP contribution >= 0.6 is 0 Å². The molecule has 0 aliphatic heterocycles. The quantitative estimate of drug-likeness (QED) is 0.150. The van der Waals surface area contributed by atoms with Gasteiger partial charge in [-0.05, 0) is 64.6 Å². The normalized spacial score (nSPS) is 14.4. The zero-order valence-corrected chi connectivity index (χ0v) is 36.1. The van der Waals surface area contributed by atoms with Crippen LogP contribution < -0.4 is 9.30 Å². The summed E-state index contributed by atoms with van der Waals surface area (Å²) in [5.41, 5.74) is 5.41. The topological polar surface area (TPSA) is 61.9 Å². The summed E-state index contributed by atoms with van der Waals surface area (Å²) in [7, 11) is 0. The number of ether oxygens (including phenoxy) is 1. The SMILES string of the molecule is [2H]c1c([2H])c([2H])c(-c2cccc(-c3c([2H])c([2H])c([2H])c([2H])c3[2H])c2-[n+]2cn(-c3cc(Oc4ccc5c6ccccc6n(-c6cc(C(C)(C)C)ccn6)c5c4)c4oc(C(C)(C)C)nc4c3)c3ccccc32)c([2H])c1[2H]. The standard InChI is InChI=1S/C57H48N5O2/c1-56(2,3)39-30-31-58-52(32-39)62-47-25-14-13-22-44(47)45-29-28-41(35-50(45)62)63-51-34-40(33-46-54(51)64-55(59-46)57(4,5)6)60-36-61(49-27-16-15-26-48(49)60)53-42(37-18-9-7-10-19-37)23-17-24-43(53)38-20-11-8-12-21-38/h7-36H,1-6H3/q+1/i7D,8D,9D,10D,11D,12D,18D,19D,20D,21D. The molecule has 0 N–H and O–H groups in total. The van der Waals surface area contributed by atoms with E-state index in [2.05, 4.69) is 43.5 Å². The summed E-state index contributed by atoms with van der Waals surface area (Å²) in [6, 6.07) is 29.1. The van der Waals surface area contributed by atoms with Gasteiger partial charge in [-0.1, -0.05) is 150 Å². The molecule has 0 spiro atoms. The molecule has 0 fully saturated rings. The van der Waals surface area contributed by atoms with Gasteiger partial charge in [-0.3, -0.25) is 4.57 Å². The monoisotopic (exact) mass is 844 g/mol. The molecule has 11 aromatic rings. The Kier molecular flexibility index (Phi) is 6.90. The lowest BCUT2D eigenvalue weighted by atomic mass is 9.88. The van der Waals surface area contributed by atoms with Crippen LogP contribution in [0.15, 0.2) is 187 Å². The van der Waals surface area contributed by atoms with Gasteiger partial charge in [0.25, 0.3) is 6.33 Å². The van der Waals surface area contributed by atoms with Crippen LogP contribution in [0.3, 0.4) is 0 Å². The zero-order valence-electron chi connectivity index (χ0n) is 46.1. The highest BCUT2D eigenvalue weighted by Crippen LogP contribution is 2.41. The third-order valence-corrected chi connectivity index (χ3v) is 11.5. The minimum absolute atomic E-state index is 0.116. The Morgan fingerprint density at radius 3 is 2.02 bits per heavy atom. The third-order valence-electron chi connectivity index (χ3n) is 11.5. The van der Waals surface area contributed by atoms with E-state index < -0.39 is 65.8 Å². The molecule has 0 unspecified atom stereocenters. The van der Waals surface area contributed by atoms with Crippen molar-refractivity contribution < 1.29 is 27.4 Å². The lowest BCUT2D eigenvalue weighted by Gasteiger charge is -2.20. The number of pyridine rings is 1. The fourth-order valence-electron chi connectivity index (χ4n) is 8.39. The maximum atomic E-state index is 9.11.